The molecule has 2 rings (SSSR count). The summed E-state index contributed by atoms with van der Waals surface area (Å²) in [6.45, 7) is 4.17. The molecule has 0 unspecified atom stereocenters. The number of pyridine rings is 1. The summed E-state index contributed by atoms with van der Waals surface area (Å²) in [6, 6.07) is 3.81. The first-order valence-corrected chi connectivity index (χ1v) is 6.67. The predicted molar refractivity (Wildman–Crippen MR) is 72.4 cm³/mol. The molecular weight excluding hydrogens is 226 g/mol. The third-order valence-corrected chi connectivity index (χ3v) is 3.42. The number of carbonyl (C=O) groups is 1. The zero-order valence-electron chi connectivity index (χ0n) is 10.9. The number of amides is 1. The number of nitrogens with zero attached hydrogens (tertiary/aromatic N) is 1. The molecule has 1 aromatic rings. The SMILES string of the molecule is Cc1ccnc(NC(=O)CCC2CCNCC2)c1. The van der Waals surface area contributed by atoms with E-state index < -0.39 is 0 Å². The highest BCUT2D eigenvalue weighted by atomic mass is 16.1. The van der Waals surface area contributed by atoms with Gasteiger partial charge in [0.05, 0.1) is 0 Å². The maximum absolute atomic E-state index is 11.8. The summed E-state index contributed by atoms with van der Waals surface area (Å²) in [5.41, 5.74) is 1.11. The van der Waals surface area contributed by atoms with E-state index in [4.69, 9.17) is 0 Å². The van der Waals surface area contributed by atoms with Crippen LogP contribution >= 0.6 is 0 Å². The van der Waals surface area contributed by atoms with Crippen LogP contribution in [0.1, 0.15) is 31.2 Å². The van der Waals surface area contributed by atoms with Gasteiger partial charge < -0.3 is 10.6 Å². The monoisotopic (exact) mass is 247 g/mol. The van der Waals surface area contributed by atoms with Crippen molar-refractivity contribution in [3.63, 3.8) is 0 Å². The molecule has 1 fully saturated rings. The third kappa shape index (κ3) is 4.11. The van der Waals surface area contributed by atoms with Crippen LogP contribution in [0, 0.1) is 12.8 Å². The van der Waals surface area contributed by atoms with E-state index in [2.05, 4.69) is 15.6 Å². The number of piperidine rings is 1. The molecule has 1 aromatic heterocycles. The van der Waals surface area contributed by atoms with Crippen molar-refractivity contribution in [1.82, 2.24) is 10.3 Å². The lowest BCUT2D eigenvalue weighted by molar-refractivity contribution is -0.116. The van der Waals surface area contributed by atoms with Crippen LogP contribution in [-0.2, 0) is 4.79 Å². The van der Waals surface area contributed by atoms with Crippen LogP contribution in [0.3, 0.4) is 0 Å². The second-order valence-corrected chi connectivity index (χ2v) is 5.00. The zero-order chi connectivity index (χ0) is 12.8. The number of hydrogen-bond acceptors (Lipinski definition) is 3. The van der Waals surface area contributed by atoms with E-state index in [1.54, 1.807) is 6.20 Å². The van der Waals surface area contributed by atoms with E-state index >= 15 is 0 Å². The van der Waals surface area contributed by atoms with E-state index in [-0.39, 0.29) is 5.91 Å². The Morgan fingerprint density at radius 1 is 1.50 bits per heavy atom. The van der Waals surface area contributed by atoms with Crippen LogP contribution in [0.25, 0.3) is 0 Å². The molecule has 98 valence electrons. The molecule has 1 amide bonds. The molecule has 0 saturated carbocycles. The normalized spacial score (nSPS) is 16.5. The predicted octanol–water partition coefficient (Wildman–Crippen LogP) is 2.11. The van der Waals surface area contributed by atoms with Gasteiger partial charge in [-0.1, -0.05) is 0 Å². The quantitative estimate of drug-likeness (QED) is 0.856. The highest BCUT2D eigenvalue weighted by molar-refractivity contribution is 5.89. The minimum atomic E-state index is 0.0756. The van der Waals surface area contributed by atoms with E-state index in [1.165, 1.54) is 12.8 Å². The van der Waals surface area contributed by atoms with Gasteiger partial charge in [0.2, 0.25) is 5.91 Å². The fraction of sp³-hybridized carbons (Fsp3) is 0.571. The first kappa shape index (κ1) is 13.0. The smallest absolute Gasteiger partial charge is 0.225 e. The van der Waals surface area contributed by atoms with Crippen LogP contribution in [-0.4, -0.2) is 24.0 Å². The Balaban J connectivity index is 1.74. The molecule has 18 heavy (non-hydrogen) atoms. The van der Waals surface area contributed by atoms with Crippen molar-refractivity contribution >= 4 is 11.7 Å². The maximum atomic E-state index is 11.8. The fourth-order valence-corrected chi connectivity index (χ4v) is 2.32. The summed E-state index contributed by atoms with van der Waals surface area (Å²) in [5, 5.41) is 6.19. The zero-order valence-corrected chi connectivity index (χ0v) is 10.9. The molecule has 4 heteroatoms. The van der Waals surface area contributed by atoms with Gasteiger partial charge >= 0.3 is 0 Å². The second kappa shape index (κ2) is 6.50. The molecule has 0 atom stereocenters. The Morgan fingerprint density at radius 3 is 3.00 bits per heavy atom. The number of anilines is 1. The van der Waals surface area contributed by atoms with Gasteiger partial charge in [-0.2, -0.15) is 0 Å². The minimum absolute atomic E-state index is 0.0756. The lowest BCUT2D eigenvalue weighted by Crippen LogP contribution is -2.28. The molecule has 1 aliphatic heterocycles. The van der Waals surface area contributed by atoms with Gasteiger partial charge in [-0.05, 0) is 62.9 Å². The molecule has 1 aliphatic rings. The Bertz CT molecular complexity index is 400. The van der Waals surface area contributed by atoms with Gasteiger partial charge in [-0.25, -0.2) is 4.98 Å². The van der Waals surface area contributed by atoms with Crippen molar-refractivity contribution in [2.45, 2.75) is 32.6 Å². The summed E-state index contributed by atoms with van der Waals surface area (Å²) in [4.78, 5) is 15.9. The average molecular weight is 247 g/mol. The van der Waals surface area contributed by atoms with Crippen LogP contribution in [0.15, 0.2) is 18.3 Å². The van der Waals surface area contributed by atoms with Crippen molar-refractivity contribution in [3.05, 3.63) is 23.9 Å². The van der Waals surface area contributed by atoms with Gasteiger partial charge in [0.1, 0.15) is 5.82 Å². The summed E-state index contributed by atoms with van der Waals surface area (Å²) < 4.78 is 0. The first-order chi connectivity index (χ1) is 8.74. The number of rotatable bonds is 4. The van der Waals surface area contributed by atoms with Crippen molar-refractivity contribution in [1.29, 1.82) is 0 Å². The molecule has 2 N–H and O–H groups in total. The summed E-state index contributed by atoms with van der Waals surface area (Å²) >= 11 is 0. The second-order valence-electron chi connectivity index (χ2n) is 5.00. The van der Waals surface area contributed by atoms with E-state index in [1.807, 2.05) is 19.1 Å². The van der Waals surface area contributed by atoms with Crippen molar-refractivity contribution in [2.75, 3.05) is 18.4 Å². The maximum Gasteiger partial charge on any atom is 0.225 e. The van der Waals surface area contributed by atoms with Crippen molar-refractivity contribution < 1.29 is 4.79 Å². The highest BCUT2D eigenvalue weighted by Crippen LogP contribution is 2.18. The van der Waals surface area contributed by atoms with Gasteiger partial charge in [-0.3, -0.25) is 4.79 Å². The lowest BCUT2D eigenvalue weighted by Gasteiger charge is -2.22. The Kier molecular flexibility index (Phi) is 4.70. The molecule has 4 nitrogen and oxygen atoms in total. The fourth-order valence-electron chi connectivity index (χ4n) is 2.32. The summed E-state index contributed by atoms with van der Waals surface area (Å²) in [5.74, 6) is 1.43. The molecule has 0 aliphatic carbocycles. The van der Waals surface area contributed by atoms with Gasteiger partial charge in [-0.15, -0.1) is 0 Å². The third-order valence-electron chi connectivity index (χ3n) is 3.42. The molecule has 0 aromatic carbocycles. The van der Waals surface area contributed by atoms with Gasteiger partial charge in [0, 0.05) is 12.6 Å². The largest absolute Gasteiger partial charge is 0.317 e. The van der Waals surface area contributed by atoms with Gasteiger partial charge in [0.15, 0.2) is 0 Å². The number of nitrogens with one attached hydrogen (secondary N) is 2. The van der Waals surface area contributed by atoms with Crippen molar-refractivity contribution in [3.8, 4) is 0 Å². The Labute approximate surface area is 108 Å². The average Bonchev–Trinajstić information content (AvgIpc) is 2.38. The molecule has 2 heterocycles. The molecule has 0 bridgehead atoms. The summed E-state index contributed by atoms with van der Waals surface area (Å²) in [6.07, 6.45) is 5.68. The summed E-state index contributed by atoms with van der Waals surface area (Å²) in [7, 11) is 0. The Hall–Kier alpha value is -1.42. The standard InChI is InChI=1S/C14H21N3O/c1-11-4-9-16-13(10-11)17-14(18)3-2-12-5-7-15-8-6-12/h4,9-10,12,15H,2-3,5-8H2,1H3,(H,16,17,18). The topological polar surface area (TPSA) is 54.0 Å². The van der Waals surface area contributed by atoms with Gasteiger partial charge in [0.25, 0.3) is 0 Å². The number of carbonyl (C=O) groups excluding carboxylic acids is 1. The highest BCUT2D eigenvalue weighted by Gasteiger charge is 2.14. The number of aryl methyl sites for hydroxylation is 1. The Morgan fingerprint density at radius 2 is 2.28 bits per heavy atom. The van der Waals surface area contributed by atoms with E-state index in [0.717, 1.165) is 25.1 Å². The molecule has 1 saturated heterocycles. The first-order valence-electron chi connectivity index (χ1n) is 6.67. The molecular formula is C14H21N3O. The lowest BCUT2D eigenvalue weighted by atomic mass is 9.93. The van der Waals surface area contributed by atoms with Crippen LogP contribution in [0.4, 0.5) is 5.82 Å². The molecule has 0 radical (unpaired) electrons. The number of hydrogen-bond donors (Lipinski definition) is 2. The van der Waals surface area contributed by atoms with Crippen LogP contribution in [0.5, 0.6) is 0 Å². The van der Waals surface area contributed by atoms with E-state index in [9.17, 15) is 4.79 Å². The number of aromatic nitrogens is 1. The van der Waals surface area contributed by atoms with Crippen LogP contribution < -0.4 is 10.6 Å². The molecule has 0 spiro atoms. The van der Waals surface area contributed by atoms with Crippen molar-refractivity contribution in [2.24, 2.45) is 5.92 Å². The van der Waals surface area contributed by atoms with E-state index in [0.29, 0.717) is 18.2 Å². The minimum Gasteiger partial charge on any atom is -0.317 e. The van der Waals surface area contributed by atoms with Crippen LogP contribution in [0.2, 0.25) is 0 Å².